The summed E-state index contributed by atoms with van der Waals surface area (Å²) < 4.78 is 0. The van der Waals surface area contributed by atoms with Gasteiger partial charge in [-0.3, -0.25) is 0 Å². The zero-order chi connectivity index (χ0) is 9.83. The fourth-order valence-electron chi connectivity index (χ4n) is 0.478. The predicted octanol–water partition coefficient (Wildman–Crippen LogP) is 1.17. The molecule has 0 radical (unpaired) electrons. The molecule has 0 aromatic carbocycles. The van der Waals surface area contributed by atoms with E-state index < -0.39 is 5.60 Å². The first-order valence-corrected chi connectivity index (χ1v) is 4.14. The van der Waals surface area contributed by atoms with Crippen molar-refractivity contribution < 1.29 is 10.2 Å². The lowest BCUT2D eigenvalue weighted by Crippen LogP contribution is -2.38. The Balaban J connectivity index is 4.35. The first kappa shape index (κ1) is 11.5. The molecule has 0 aromatic rings. The highest BCUT2D eigenvalue weighted by Crippen LogP contribution is 2.28. The molecule has 70 valence electrons. The van der Waals surface area contributed by atoms with Gasteiger partial charge in [0.2, 0.25) is 0 Å². The average Bonchev–Trinajstić information content (AvgIpc) is 1.85. The van der Waals surface area contributed by atoms with Crippen LogP contribution in [0.2, 0.25) is 0 Å². The zero-order valence-electron chi connectivity index (χ0n) is 8.31. The van der Waals surface area contributed by atoms with Crippen LogP contribution < -0.4 is 0 Å². The third-order valence-electron chi connectivity index (χ3n) is 2.03. The summed E-state index contributed by atoms with van der Waals surface area (Å²) in [6.45, 7) is 7.53. The lowest BCUT2D eigenvalue weighted by atomic mass is 9.78. The molecule has 1 atom stereocenters. The van der Waals surface area contributed by atoms with Gasteiger partial charge in [0, 0.05) is 11.8 Å². The highest BCUT2D eigenvalue weighted by Gasteiger charge is 2.33. The highest BCUT2D eigenvalue weighted by atomic mass is 16.3. The van der Waals surface area contributed by atoms with Crippen molar-refractivity contribution >= 4 is 0 Å². The minimum atomic E-state index is -0.984. The molecule has 2 nitrogen and oxygen atoms in total. The summed E-state index contributed by atoms with van der Waals surface area (Å²) in [5.41, 5.74) is -1.24. The Morgan fingerprint density at radius 2 is 1.67 bits per heavy atom. The molecular weight excluding hydrogens is 152 g/mol. The predicted molar refractivity (Wildman–Crippen MR) is 49.6 cm³/mol. The quantitative estimate of drug-likeness (QED) is 0.580. The molecule has 2 heteroatoms. The molecule has 1 unspecified atom stereocenters. The molecule has 0 aliphatic carbocycles. The standard InChI is InChI=1S/C10H18O2/c1-9(2,3)10(4,12)7-5-6-8-11/h11-12H,6,8H2,1-4H3. The number of hydrogen-bond acceptors (Lipinski definition) is 2. The van der Waals surface area contributed by atoms with E-state index in [1.165, 1.54) is 0 Å². The van der Waals surface area contributed by atoms with E-state index in [4.69, 9.17) is 5.11 Å². The number of hydrogen-bond donors (Lipinski definition) is 2. The lowest BCUT2D eigenvalue weighted by Gasteiger charge is -2.32. The molecule has 0 spiro atoms. The van der Waals surface area contributed by atoms with Crippen LogP contribution in [-0.2, 0) is 0 Å². The molecule has 0 rings (SSSR count). The molecule has 0 aliphatic rings. The summed E-state index contributed by atoms with van der Waals surface area (Å²) in [6.07, 6.45) is 0.423. The van der Waals surface area contributed by atoms with Gasteiger partial charge in [-0.2, -0.15) is 0 Å². The Bertz CT molecular complexity index is 188. The highest BCUT2D eigenvalue weighted by molar-refractivity contribution is 5.15. The number of aliphatic hydroxyl groups is 2. The molecule has 0 heterocycles. The van der Waals surface area contributed by atoms with Gasteiger partial charge in [-0.25, -0.2) is 0 Å². The maximum absolute atomic E-state index is 9.82. The first-order chi connectivity index (χ1) is 5.31. The van der Waals surface area contributed by atoms with Gasteiger partial charge in [-0.1, -0.05) is 32.6 Å². The van der Waals surface area contributed by atoms with Gasteiger partial charge in [-0.15, -0.1) is 0 Å². The van der Waals surface area contributed by atoms with Crippen LogP contribution in [0.25, 0.3) is 0 Å². The van der Waals surface area contributed by atoms with Crippen molar-refractivity contribution in [3.05, 3.63) is 0 Å². The monoisotopic (exact) mass is 170 g/mol. The molecule has 0 aliphatic heterocycles. The normalized spacial score (nSPS) is 16.2. The van der Waals surface area contributed by atoms with Crippen molar-refractivity contribution in [1.82, 2.24) is 0 Å². The van der Waals surface area contributed by atoms with Crippen LogP contribution in [0.4, 0.5) is 0 Å². The second-order valence-electron chi connectivity index (χ2n) is 4.10. The number of aliphatic hydroxyl groups excluding tert-OH is 1. The second-order valence-corrected chi connectivity index (χ2v) is 4.10. The Morgan fingerprint density at radius 3 is 2.00 bits per heavy atom. The van der Waals surface area contributed by atoms with Crippen molar-refractivity contribution in [3.8, 4) is 11.8 Å². The molecule has 0 aromatic heterocycles. The molecule has 12 heavy (non-hydrogen) atoms. The maximum Gasteiger partial charge on any atom is 0.127 e. The van der Waals surface area contributed by atoms with E-state index in [2.05, 4.69) is 11.8 Å². The Labute approximate surface area is 74.6 Å². The zero-order valence-corrected chi connectivity index (χ0v) is 8.31. The summed E-state index contributed by atoms with van der Waals surface area (Å²) in [5.74, 6) is 5.48. The van der Waals surface area contributed by atoms with Crippen LogP contribution in [0.3, 0.4) is 0 Å². The summed E-state index contributed by atoms with van der Waals surface area (Å²) in [7, 11) is 0. The lowest BCUT2D eigenvalue weighted by molar-refractivity contribution is 0.0127. The van der Waals surface area contributed by atoms with Crippen LogP contribution in [0.1, 0.15) is 34.1 Å². The molecule has 0 amide bonds. The van der Waals surface area contributed by atoms with Crippen LogP contribution >= 0.6 is 0 Å². The van der Waals surface area contributed by atoms with Gasteiger partial charge >= 0.3 is 0 Å². The summed E-state index contributed by atoms with van der Waals surface area (Å²) in [6, 6.07) is 0. The molecule has 0 bridgehead atoms. The van der Waals surface area contributed by atoms with Gasteiger partial charge in [0.1, 0.15) is 5.60 Å². The van der Waals surface area contributed by atoms with E-state index in [9.17, 15) is 5.11 Å². The fraction of sp³-hybridized carbons (Fsp3) is 0.800. The first-order valence-electron chi connectivity index (χ1n) is 4.14. The van der Waals surface area contributed by atoms with Crippen molar-refractivity contribution in [3.63, 3.8) is 0 Å². The summed E-state index contributed by atoms with van der Waals surface area (Å²) >= 11 is 0. The van der Waals surface area contributed by atoms with Crippen molar-refractivity contribution in [2.45, 2.75) is 39.7 Å². The van der Waals surface area contributed by atoms with Crippen LogP contribution in [-0.4, -0.2) is 22.4 Å². The molecule has 0 fully saturated rings. The van der Waals surface area contributed by atoms with E-state index in [-0.39, 0.29) is 12.0 Å². The van der Waals surface area contributed by atoms with Crippen molar-refractivity contribution in [1.29, 1.82) is 0 Å². The molecule has 0 saturated heterocycles. The van der Waals surface area contributed by atoms with Gasteiger partial charge in [0.25, 0.3) is 0 Å². The number of rotatable bonds is 1. The maximum atomic E-state index is 9.82. The smallest absolute Gasteiger partial charge is 0.127 e. The fourth-order valence-corrected chi connectivity index (χ4v) is 0.478. The van der Waals surface area contributed by atoms with Crippen LogP contribution in [0, 0.1) is 17.3 Å². The summed E-state index contributed by atoms with van der Waals surface area (Å²) in [4.78, 5) is 0. The van der Waals surface area contributed by atoms with E-state index >= 15 is 0 Å². The SMILES string of the molecule is CC(C)(C)C(C)(O)C#CCCO. The summed E-state index contributed by atoms with van der Waals surface area (Å²) in [5, 5.41) is 18.3. The Kier molecular flexibility index (Phi) is 3.76. The van der Waals surface area contributed by atoms with E-state index in [1.807, 2.05) is 20.8 Å². The Hall–Kier alpha value is -0.520. The molecule has 2 N–H and O–H groups in total. The second kappa shape index (κ2) is 3.93. The van der Waals surface area contributed by atoms with Crippen LogP contribution in [0.5, 0.6) is 0 Å². The van der Waals surface area contributed by atoms with Gasteiger partial charge in [-0.05, 0) is 6.92 Å². The van der Waals surface area contributed by atoms with Crippen molar-refractivity contribution in [2.75, 3.05) is 6.61 Å². The minimum absolute atomic E-state index is 0.0488. The van der Waals surface area contributed by atoms with Gasteiger partial charge in [0.05, 0.1) is 6.61 Å². The molecule has 0 saturated carbocycles. The largest absolute Gasteiger partial charge is 0.395 e. The van der Waals surface area contributed by atoms with E-state index in [1.54, 1.807) is 6.92 Å². The van der Waals surface area contributed by atoms with Crippen molar-refractivity contribution in [2.24, 2.45) is 5.41 Å². The van der Waals surface area contributed by atoms with E-state index in [0.717, 1.165) is 0 Å². The third-order valence-corrected chi connectivity index (χ3v) is 2.03. The van der Waals surface area contributed by atoms with E-state index in [0.29, 0.717) is 6.42 Å². The average molecular weight is 170 g/mol. The molecular formula is C10H18O2. The van der Waals surface area contributed by atoms with Crippen LogP contribution in [0.15, 0.2) is 0 Å². The van der Waals surface area contributed by atoms with Gasteiger partial charge in [0.15, 0.2) is 0 Å². The topological polar surface area (TPSA) is 40.5 Å². The Morgan fingerprint density at radius 1 is 1.17 bits per heavy atom. The minimum Gasteiger partial charge on any atom is -0.395 e. The van der Waals surface area contributed by atoms with Gasteiger partial charge < -0.3 is 10.2 Å². The third kappa shape index (κ3) is 3.25.